The summed E-state index contributed by atoms with van der Waals surface area (Å²) in [4.78, 5) is 16.7. The number of rotatable bonds is 5. The van der Waals surface area contributed by atoms with Crippen molar-refractivity contribution in [3.63, 3.8) is 0 Å². The standard InChI is InChI=1S/C23H19NO4/c1-27-17-9-5-14(6-10-17)22-21(23(26)15-3-7-16(25)8-4-15)19-12-11-18(28-2)13-20(19)24-22/h3-13,24-25H,1-2H3. The van der Waals surface area contributed by atoms with Gasteiger partial charge in [0, 0.05) is 17.0 Å². The van der Waals surface area contributed by atoms with Gasteiger partial charge in [0.15, 0.2) is 5.78 Å². The molecule has 0 aliphatic heterocycles. The largest absolute Gasteiger partial charge is 0.508 e. The van der Waals surface area contributed by atoms with Crippen molar-refractivity contribution < 1.29 is 19.4 Å². The highest BCUT2D eigenvalue weighted by molar-refractivity contribution is 6.20. The number of aromatic nitrogens is 1. The topological polar surface area (TPSA) is 71.5 Å². The van der Waals surface area contributed by atoms with Crippen LogP contribution < -0.4 is 9.47 Å². The summed E-state index contributed by atoms with van der Waals surface area (Å²) in [6.45, 7) is 0. The second kappa shape index (κ2) is 7.12. The highest BCUT2D eigenvalue weighted by Crippen LogP contribution is 2.34. The number of hydrogen-bond acceptors (Lipinski definition) is 4. The first kappa shape index (κ1) is 17.7. The van der Waals surface area contributed by atoms with Crippen LogP contribution in [0.1, 0.15) is 15.9 Å². The SMILES string of the molecule is COc1ccc(-c2[nH]c3cc(OC)ccc3c2C(=O)c2ccc(O)cc2)cc1. The summed E-state index contributed by atoms with van der Waals surface area (Å²) in [5.74, 6) is 1.45. The molecule has 3 aromatic carbocycles. The van der Waals surface area contributed by atoms with Gasteiger partial charge in [0.25, 0.3) is 0 Å². The van der Waals surface area contributed by atoms with Crippen LogP contribution in [0.4, 0.5) is 0 Å². The first-order chi connectivity index (χ1) is 13.6. The Bertz CT molecular complexity index is 1140. The van der Waals surface area contributed by atoms with Crippen molar-refractivity contribution >= 4 is 16.7 Å². The Morgan fingerprint density at radius 2 is 1.50 bits per heavy atom. The van der Waals surface area contributed by atoms with E-state index in [1.807, 2.05) is 42.5 Å². The van der Waals surface area contributed by atoms with Gasteiger partial charge in [0.2, 0.25) is 0 Å². The lowest BCUT2D eigenvalue weighted by Gasteiger charge is -2.07. The maximum absolute atomic E-state index is 13.3. The van der Waals surface area contributed by atoms with Gasteiger partial charge in [-0.15, -0.1) is 0 Å². The highest BCUT2D eigenvalue weighted by Gasteiger charge is 2.21. The number of carbonyl (C=O) groups is 1. The lowest BCUT2D eigenvalue weighted by Crippen LogP contribution is -2.02. The number of nitrogens with one attached hydrogen (secondary N) is 1. The van der Waals surface area contributed by atoms with Gasteiger partial charge in [-0.1, -0.05) is 0 Å². The third-order valence-electron chi connectivity index (χ3n) is 4.74. The molecule has 4 aromatic rings. The number of fused-ring (bicyclic) bond motifs is 1. The monoisotopic (exact) mass is 373 g/mol. The Hall–Kier alpha value is -3.73. The third-order valence-corrected chi connectivity index (χ3v) is 4.74. The van der Waals surface area contributed by atoms with E-state index in [0.29, 0.717) is 16.9 Å². The number of phenolic OH excluding ortho intramolecular Hbond substituents is 1. The van der Waals surface area contributed by atoms with E-state index in [1.165, 1.54) is 12.1 Å². The van der Waals surface area contributed by atoms with Crippen LogP contribution >= 0.6 is 0 Å². The second-order valence-corrected chi connectivity index (χ2v) is 6.39. The molecule has 0 amide bonds. The minimum absolute atomic E-state index is 0.121. The molecule has 0 saturated carbocycles. The van der Waals surface area contributed by atoms with Gasteiger partial charge in [-0.05, 0) is 66.2 Å². The van der Waals surface area contributed by atoms with E-state index in [-0.39, 0.29) is 11.5 Å². The molecule has 0 radical (unpaired) electrons. The van der Waals surface area contributed by atoms with E-state index >= 15 is 0 Å². The summed E-state index contributed by atoms with van der Waals surface area (Å²) >= 11 is 0. The summed E-state index contributed by atoms with van der Waals surface area (Å²) in [5, 5.41) is 10.3. The molecule has 28 heavy (non-hydrogen) atoms. The van der Waals surface area contributed by atoms with Gasteiger partial charge in [-0.2, -0.15) is 0 Å². The number of aromatic hydroxyl groups is 1. The predicted octanol–water partition coefficient (Wildman–Crippen LogP) is 4.79. The quantitative estimate of drug-likeness (QED) is 0.494. The Balaban J connectivity index is 1.92. The smallest absolute Gasteiger partial charge is 0.195 e. The zero-order valence-corrected chi connectivity index (χ0v) is 15.5. The average Bonchev–Trinajstić information content (AvgIpc) is 3.12. The van der Waals surface area contributed by atoms with E-state index in [1.54, 1.807) is 26.4 Å². The van der Waals surface area contributed by atoms with Crippen molar-refractivity contribution in [2.75, 3.05) is 14.2 Å². The summed E-state index contributed by atoms with van der Waals surface area (Å²) < 4.78 is 10.6. The van der Waals surface area contributed by atoms with Gasteiger partial charge in [-0.25, -0.2) is 0 Å². The fourth-order valence-corrected chi connectivity index (χ4v) is 3.27. The van der Waals surface area contributed by atoms with Crippen molar-refractivity contribution in [1.29, 1.82) is 0 Å². The Morgan fingerprint density at radius 1 is 0.857 bits per heavy atom. The highest BCUT2D eigenvalue weighted by atomic mass is 16.5. The lowest BCUT2D eigenvalue weighted by molar-refractivity contribution is 0.104. The van der Waals surface area contributed by atoms with Crippen LogP contribution in [0, 0.1) is 0 Å². The van der Waals surface area contributed by atoms with Crippen LogP contribution in [0.25, 0.3) is 22.2 Å². The number of ketones is 1. The minimum atomic E-state index is -0.123. The summed E-state index contributed by atoms with van der Waals surface area (Å²) in [5.41, 5.74) is 3.49. The van der Waals surface area contributed by atoms with Gasteiger partial charge in [0.05, 0.1) is 31.0 Å². The van der Waals surface area contributed by atoms with Gasteiger partial charge in [-0.3, -0.25) is 4.79 Å². The van der Waals surface area contributed by atoms with Crippen molar-refractivity contribution in [3.05, 3.63) is 77.9 Å². The Labute approximate surface area is 162 Å². The number of ether oxygens (including phenoxy) is 2. The van der Waals surface area contributed by atoms with E-state index < -0.39 is 0 Å². The van der Waals surface area contributed by atoms with Crippen LogP contribution in [0.3, 0.4) is 0 Å². The van der Waals surface area contributed by atoms with Crippen molar-refractivity contribution in [1.82, 2.24) is 4.98 Å². The zero-order valence-electron chi connectivity index (χ0n) is 15.5. The summed E-state index contributed by atoms with van der Waals surface area (Å²) in [6.07, 6.45) is 0. The number of hydrogen-bond donors (Lipinski definition) is 2. The molecule has 0 atom stereocenters. The molecule has 4 rings (SSSR count). The fourth-order valence-electron chi connectivity index (χ4n) is 3.27. The number of phenols is 1. The van der Waals surface area contributed by atoms with Crippen LogP contribution in [0.5, 0.6) is 17.2 Å². The molecule has 0 aliphatic carbocycles. The van der Waals surface area contributed by atoms with Gasteiger partial charge in [0.1, 0.15) is 17.2 Å². The molecular formula is C23H19NO4. The van der Waals surface area contributed by atoms with Crippen LogP contribution in [0.15, 0.2) is 66.7 Å². The molecule has 0 aliphatic rings. The number of H-pyrrole nitrogens is 1. The van der Waals surface area contributed by atoms with Gasteiger partial charge >= 0.3 is 0 Å². The van der Waals surface area contributed by atoms with E-state index in [2.05, 4.69) is 4.98 Å². The molecule has 140 valence electrons. The fraction of sp³-hybridized carbons (Fsp3) is 0.0870. The van der Waals surface area contributed by atoms with E-state index in [9.17, 15) is 9.90 Å². The zero-order chi connectivity index (χ0) is 19.7. The number of aromatic amines is 1. The maximum Gasteiger partial charge on any atom is 0.195 e. The number of benzene rings is 3. The lowest BCUT2D eigenvalue weighted by atomic mass is 9.97. The van der Waals surface area contributed by atoms with E-state index in [0.717, 1.165) is 27.9 Å². The van der Waals surface area contributed by atoms with Crippen molar-refractivity contribution in [2.24, 2.45) is 0 Å². The molecule has 5 heteroatoms. The van der Waals surface area contributed by atoms with Crippen molar-refractivity contribution in [2.45, 2.75) is 0 Å². The number of methoxy groups -OCH3 is 2. The van der Waals surface area contributed by atoms with Gasteiger partial charge < -0.3 is 19.6 Å². The Kier molecular flexibility index (Phi) is 4.49. The molecule has 2 N–H and O–H groups in total. The normalized spacial score (nSPS) is 10.8. The van der Waals surface area contributed by atoms with Crippen LogP contribution in [-0.4, -0.2) is 30.1 Å². The predicted molar refractivity (Wildman–Crippen MR) is 108 cm³/mol. The molecule has 0 unspecified atom stereocenters. The molecular weight excluding hydrogens is 354 g/mol. The molecule has 0 fully saturated rings. The first-order valence-corrected chi connectivity index (χ1v) is 8.78. The van der Waals surface area contributed by atoms with Crippen LogP contribution in [-0.2, 0) is 0 Å². The minimum Gasteiger partial charge on any atom is -0.508 e. The second-order valence-electron chi connectivity index (χ2n) is 6.39. The maximum atomic E-state index is 13.3. The average molecular weight is 373 g/mol. The Morgan fingerprint density at radius 3 is 2.14 bits per heavy atom. The van der Waals surface area contributed by atoms with E-state index in [4.69, 9.17) is 9.47 Å². The molecule has 5 nitrogen and oxygen atoms in total. The molecule has 0 spiro atoms. The summed E-state index contributed by atoms with van der Waals surface area (Å²) in [7, 11) is 3.22. The molecule has 1 aromatic heterocycles. The molecule has 0 bridgehead atoms. The van der Waals surface area contributed by atoms with Crippen molar-refractivity contribution in [3.8, 4) is 28.5 Å². The number of carbonyl (C=O) groups excluding carboxylic acids is 1. The summed E-state index contributed by atoms with van der Waals surface area (Å²) in [6, 6.07) is 19.4. The third kappa shape index (κ3) is 3.07. The molecule has 0 saturated heterocycles. The molecule has 1 heterocycles. The first-order valence-electron chi connectivity index (χ1n) is 8.78. The van der Waals surface area contributed by atoms with Crippen LogP contribution in [0.2, 0.25) is 0 Å².